The molecule has 0 aliphatic heterocycles. The lowest BCUT2D eigenvalue weighted by Gasteiger charge is -2.09. The SMILES string of the molecule is CN(C)CCc1c[nH]c2cc(NS(=O)(=O)c3cc(Cl)c(Cl)s3)ccc12. The fourth-order valence-corrected chi connectivity index (χ4v) is 5.40. The minimum absolute atomic E-state index is 0.0840. The number of halogens is 2. The molecule has 9 heteroatoms. The second kappa shape index (κ2) is 7.17. The van der Waals surface area contributed by atoms with Gasteiger partial charge in [-0.15, -0.1) is 11.3 Å². The highest BCUT2D eigenvalue weighted by atomic mass is 35.5. The molecule has 0 aliphatic rings. The van der Waals surface area contributed by atoms with E-state index in [0.29, 0.717) is 5.69 Å². The maximum atomic E-state index is 12.5. The van der Waals surface area contributed by atoms with Crippen LogP contribution in [0.2, 0.25) is 9.36 Å². The number of aromatic amines is 1. The summed E-state index contributed by atoms with van der Waals surface area (Å²) in [5.41, 5.74) is 2.57. The zero-order chi connectivity index (χ0) is 18.2. The molecule has 0 radical (unpaired) electrons. The van der Waals surface area contributed by atoms with Crippen molar-refractivity contribution in [2.24, 2.45) is 0 Å². The van der Waals surface area contributed by atoms with Crippen LogP contribution < -0.4 is 4.72 Å². The highest BCUT2D eigenvalue weighted by Gasteiger charge is 2.19. The number of benzene rings is 1. The summed E-state index contributed by atoms with van der Waals surface area (Å²) >= 11 is 12.6. The fourth-order valence-electron chi connectivity index (χ4n) is 2.47. The van der Waals surface area contributed by atoms with Crippen LogP contribution in [0.3, 0.4) is 0 Å². The van der Waals surface area contributed by atoms with Gasteiger partial charge in [-0.3, -0.25) is 4.72 Å². The van der Waals surface area contributed by atoms with Crippen LogP contribution in [0.15, 0.2) is 34.7 Å². The van der Waals surface area contributed by atoms with Crippen LogP contribution in [0.1, 0.15) is 5.56 Å². The number of nitrogens with zero attached hydrogens (tertiary/aromatic N) is 1. The summed E-state index contributed by atoms with van der Waals surface area (Å²) in [5, 5.41) is 1.32. The number of fused-ring (bicyclic) bond motifs is 1. The maximum Gasteiger partial charge on any atom is 0.271 e. The van der Waals surface area contributed by atoms with Crippen molar-refractivity contribution in [3.63, 3.8) is 0 Å². The number of hydrogen-bond acceptors (Lipinski definition) is 4. The predicted octanol–water partition coefficient (Wildman–Crippen LogP) is 4.44. The van der Waals surface area contributed by atoms with Crippen LogP contribution >= 0.6 is 34.5 Å². The number of nitrogens with one attached hydrogen (secondary N) is 2. The van der Waals surface area contributed by atoms with Gasteiger partial charge in [0.1, 0.15) is 8.55 Å². The molecule has 5 nitrogen and oxygen atoms in total. The lowest BCUT2D eigenvalue weighted by molar-refractivity contribution is 0.414. The van der Waals surface area contributed by atoms with Gasteiger partial charge in [0.2, 0.25) is 0 Å². The summed E-state index contributed by atoms with van der Waals surface area (Å²) in [4.78, 5) is 5.32. The predicted molar refractivity (Wildman–Crippen MR) is 106 cm³/mol. The molecule has 0 amide bonds. The molecule has 0 fully saturated rings. The molecule has 0 bridgehead atoms. The summed E-state index contributed by atoms with van der Waals surface area (Å²) in [7, 11) is 0.346. The Kier molecular flexibility index (Phi) is 5.31. The van der Waals surface area contributed by atoms with Gasteiger partial charge >= 0.3 is 0 Å². The molecule has 0 spiro atoms. The number of anilines is 1. The molecule has 2 aromatic heterocycles. The Labute approximate surface area is 160 Å². The first-order chi connectivity index (χ1) is 11.8. The third-order valence-electron chi connectivity index (χ3n) is 3.74. The van der Waals surface area contributed by atoms with E-state index in [1.165, 1.54) is 11.6 Å². The van der Waals surface area contributed by atoms with Crippen molar-refractivity contribution >= 4 is 61.2 Å². The second-order valence-electron chi connectivity index (χ2n) is 5.92. The Bertz CT molecular complexity index is 990. The van der Waals surface area contributed by atoms with E-state index in [4.69, 9.17) is 23.2 Å². The van der Waals surface area contributed by atoms with Crippen LogP contribution in [0.5, 0.6) is 0 Å². The summed E-state index contributed by atoms with van der Waals surface area (Å²) in [6.07, 6.45) is 2.88. The van der Waals surface area contributed by atoms with Gasteiger partial charge in [0.15, 0.2) is 0 Å². The summed E-state index contributed by atoms with van der Waals surface area (Å²) in [6.45, 7) is 0.946. The number of hydrogen-bond donors (Lipinski definition) is 2. The molecule has 3 rings (SSSR count). The highest BCUT2D eigenvalue weighted by molar-refractivity contribution is 7.94. The lowest BCUT2D eigenvalue weighted by Crippen LogP contribution is -2.14. The summed E-state index contributed by atoms with van der Waals surface area (Å²) < 4.78 is 27.8. The number of H-pyrrole nitrogens is 1. The van der Waals surface area contributed by atoms with Crippen LogP contribution in [0.4, 0.5) is 5.69 Å². The smallest absolute Gasteiger partial charge is 0.271 e. The van der Waals surface area contributed by atoms with Crippen molar-refractivity contribution < 1.29 is 8.42 Å². The van der Waals surface area contributed by atoms with E-state index in [-0.39, 0.29) is 13.6 Å². The van der Waals surface area contributed by atoms with Crippen molar-refractivity contribution in [1.82, 2.24) is 9.88 Å². The van der Waals surface area contributed by atoms with Crippen LogP contribution in [-0.2, 0) is 16.4 Å². The van der Waals surface area contributed by atoms with Crippen LogP contribution in [0.25, 0.3) is 10.9 Å². The topological polar surface area (TPSA) is 65.2 Å². The average Bonchev–Trinajstić information content (AvgIpc) is 3.09. The van der Waals surface area contributed by atoms with Gasteiger partial charge in [0, 0.05) is 23.6 Å². The molecule has 0 atom stereocenters. The lowest BCUT2D eigenvalue weighted by atomic mass is 10.1. The number of sulfonamides is 1. The fraction of sp³-hybridized carbons (Fsp3) is 0.250. The largest absolute Gasteiger partial charge is 0.361 e. The van der Waals surface area contributed by atoms with Crippen molar-refractivity contribution in [1.29, 1.82) is 0 Å². The van der Waals surface area contributed by atoms with Crippen LogP contribution in [-0.4, -0.2) is 38.9 Å². The minimum Gasteiger partial charge on any atom is -0.361 e. The summed E-state index contributed by atoms with van der Waals surface area (Å²) in [5.74, 6) is 0. The Morgan fingerprint density at radius 1 is 1.24 bits per heavy atom. The quantitative estimate of drug-likeness (QED) is 0.622. The van der Waals surface area contributed by atoms with Crippen molar-refractivity contribution in [2.75, 3.05) is 25.4 Å². The van der Waals surface area contributed by atoms with Crippen molar-refractivity contribution in [3.05, 3.63) is 45.4 Å². The molecule has 0 saturated heterocycles. The molecule has 2 heterocycles. The Hall–Kier alpha value is -1.25. The average molecular weight is 418 g/mol. The molecule has 1 aromatic carbocycles. The Morgan fingerprint density at radius 2 is 2.00 bits per heavy atom. The monoisotopic (exact) mass is 417 g/mol. The van der Waals surface area contributed by atoms with E-state index >= 15 is 0 Å². The molecule has 25 heavy (non-hydrogen) atoms. The third-order valence-corrected chi connectivity index (χ3v) is 7.46. The van der Waals surface area contributed by atoms with E-state index in [2.05, 4.69) is 14.6 Å². The van der Waals surface area contributed by atoms with Gasteiger partial charge < -0.3 is 9.88 Å². The maximum absolute atomic E-state index is 12.5. The van der Waals surface area contributed by atoms with Gasteiger partial charge in [-0.05, 0) is 44.3 Å². The van der Waals surface area contributed by atoms with Crippen molar-refractivity contribution in [2.45, 2.75) is 10.6 Å². The molecule has 0 saturated carbocycles. The van der Waals surface area contributed by atoms with Gasteiger partial charge in [-0.2, -0.15) is 0 Å². The Morgan fingerprint density at radius 3 is 2.64 bits per heavy atom. The van der Waals surface area contributed by atoms with E-state index < -0.39 is 10.0 Å². The Balaban J connectivity index is 1.85. The van der Waals surface area contributed by atoms with Gasteiger partial charge in [-0.25, -0.2) is 8.42 Å². The highest BCUT2D eigenvalue weighted by Crippen LogP contribution is 2.35. The van der Waals surface area contributed by atoms with E-state index in [9.17, 15) is 8.42 Å². The molecular weight excluding hydrogens is 401 g/mol. The molecule has 2 N–H and O–H groups in total. The number of aromatic nitrogens is 1. The number of likely N-dealkylation sites (N-methyl/N-ethyl adjacent to an activating group) is 1. The molecular formula is C16H17Cl2N3O2S2. The first-order valence-electron chi connectivity index (χ1n) is 7.48. The molecule has 134 valence electrons. The molecule has 3 aromatic rings. The molecule has 0 aliphatic carbocycles. The first-order valence-corrected chi connectivity index (χ1v) is 10.5. The summed E-state index contributed by atoms with van der Waals surface area (Å²) in [6, 6.07) is 6.80. The number of rotatable bonds is 6. The molecule has 0 unspecified atom stereocenters. The van der Waals surface area contributed by atoms with Gasteiger partial charge in [0.25, 0.3) is 10.0 Å². The normalized spacial score (nSPS) is 12.2. The van der Waals surface area contributed by atoms with E-state index in [0.717, 1.165) is 35.2 Å². The van der Waals surface area contributed by atoms with E-state index in [1.807, 2.05) is 26.4 Å². The third kappa shape index (κ3) is 4.12. The van der Waals surface area contributed by atoms with Gasteiger partial charge in [-0.1, -0.05) is 29.3 Å². The van der Waals surface area contributed by atoms with Crippen LogP contribution in [0, 0.1) is 0 Å². The minimum atomic E-state index is -3.72. The van der Waals surface area contributed by atoms with Gasteiger partial charge in [0.05, 0.1) is 10.7 Å². The zero-order valence-electron chi connectivity index (χ0n) is 13.6. The standard InChI is InChI=1S/C16H17Cl2N3O2S2/c1-21(2)6-5-10-9-19-14-7-11(3-4-12(10)14)20-25(22,23)15-8-13(17)16(18)24-15/h3-4,7-9,19-20H,5-6H2,1-2H3. The number of thiophene rings is 1. The van der Waals surface area contributed by atoms with Crippen molar-refractivity contribution in [3.8, 4) is 0 Å². The first kappa shape index (κ1) is 18.5. The zero-order valence-corrected chi connectivity index (χ0v) is 16.8. The second-order valence-corrected chi connectivity index (χ2v) is 9.89. The van der Waals surface area contributed by atoms with E-state index in [1.54, 1.807) is 12.1 Å².